The van der Waals surface area contributed by atoms with Crippen molar-refractivity contribution in [2.45, 2.75) is 13.8 Å². The Morgan fingerprint density at radius 1 is 0.905 bits per heavy atom. The monoisotopic (exact) mass is 279 g/mol. The van der Waals surface area contributed by atoms with Gasteiger partial charge in [0.05, 0.1) is 0 Å². The van der Waals surface area contributed by atoms with Crippen molar-refractivity contribution < 1.29 is 9.59 Å². The molecule has 1 N–H and O–H groups in total. The van der Waals surface area contributed by atoms with Gasteiger partial charge in [-0.2, -0.15) is 0 Å². The van der Waals surface area contributed by atoms with Crippen LogP contribution in [0.5, 0.6) is 0 Å². The second-order valence-electron chi connectivity index (χ2n) is 4.83. The van der Waals surface area contributed by atoms with Gasteiger partial charge in [0.15, 0.2) is 5.78 Å². The second-order valence-corrected chi connectivity index (χ2v) is 4.83. The van der Waals surface area contributed by atoms with Crippen LogP contribution in [0, 0.1) is 0 Å². The molecule has 0 heterocycles. The fourth-order valence-corrected chi connectivity index (χ4v) is 1.88. The molecule has 0 radical (unpaired) electrons. The van der Waals surface area contributed by atoms with Gasteiger partial charge < -0.3 is 5.32 Å². The number of ketones is 1. The SMILES string of the molecule is CC(=O)c1ccc(NC(=O)/C(C)=C/c2ccccc2)cc1. The minimum absolute atomic E-state index is 0.00744. The summed E-state index contributed by atoms with van der Waals surface area (Å²) in [7, 11) is 0. The Balaban J connectivity index is 2.07. The molecule has 0 aliphatic rings. The molecule has 0 spiro atoms. The van der Waals surface area contributed by atoms with Crippen LogP contribution in [0.4, 0.5) is 5.69 Å². The van der Waals surface area contributed by atoms with Crippen molar-refractivity contribution in [3.05, 3.63) is 71.3 Å². The van der Waals surface area contributed by atoms with Gasteiger partial charge in [0, 0.05) is 16.8 Å². The van der Waals surface area contributed by atoms with Gasteiger partial charge in [-0.3, -0.25) is 9.59 Å². The number of hydrogen-bond acceptors (Lipinski definition) is 2. The van der Waals surface area contributed by atoms with Crippen LogP contribution in [0.15, 0.2) is 60.2 Å². The first kappa shape index (κ1) is 14.7. The van der Waals surface area contributed by atoms with Crippen LogP contribution in [0.3, 0.4) is 0 Å². The van der Waals surface area contributed by atoms with Gasteiger partial charge in [-0.25, -0.2) is 0 Å². The molecule has 0 atom stereocenters. The summed E-state index contributed by atoms with van der Waals surface area (Å²) in [6.45, 7) is 3.28. The number of anilines is 1. The molecule has 2 rings (SSSR count). The van der Waals surface area contributed by atoms with Crippen molar-refractivity contribution in [2.75, 3.05) is 5.32 Å². The summed E-state index contributed by atoms with van der Waals surface area (Å²) >= 11 is 0. The highest BCUT2D eigenvalue weighted by Gasteiger charge is 2.05. The summed E-state index contributed by atoms with van der Waals surface area (Å²) in [4.78, 5) is 23.3. The molecular formula is C18H17NO2. The third-order valence-electron chi connectivity index (χ3n) is 3.09. The lowest BCUT2D eigenvalue weighted by Gasteiger charge is -2.06. The van der Waals surface area contributed by atoms with Gasteiger partial charge >= 0.3 is 0 Å². The van der Waals surface area contributed by atoms with Crippen molar-refractivity contribution in [3.63, 3.8) is 0 Å². The van der Waals surface area contributed by atoms with Crippen LogP contribution >= 0.6 is 0 Å². The van der Waals surface area contributed by atoms with E-state index in [0.29, 0.717) is 16.8 Å². The van der Waals surface area contributed by atoms with E-state index in [1.807, 2.05) is 36.4 Å². The number of hydrogen-bond donors (Lipinski definition) is 1. The maximum absolute atomic E-state index is 12.1. The number of carbonyl (C=O) groups excluding carboxylic acids is 2. The molecule has 21 heavy (non-hydrogen) atoms. The van der Waals surface area contributed by atoms with E-state index in [1.54, 1.807) is 31.2 Å². The van der Waals surface area contributed by atoms with Crippen LogP contribution in [-0.2, 0) is 4.79 Å². The van der Waals surface area contributed by atoms with Crippen LogP contribution in [0.25, 0.3) is 6.08 Å². The largest absolute Gasteiger partial charge is 0.322 e. The molecule has 2 aromatic carbocycles. The number of nitrogens with one attached hydrogen (secondary N) is 1. The molecule has 3 heteroatoms. The zero-order valence-electron chi connectivity index (χ0n) is 12.1. The fourth-order valence-electron chi connectivity index (χ4n) is 1.88. The van der Waals surface area contributed by atoms with Gasteiger partial charge in [0.1, 0.15) is 0 Å². The van der Waals surface area contributed by atoms with Crippen molar-refractivity contribution in [1.29, 1.82) is 0 Å². The summed E-state index contributed by atoms with van der Waals surface area (Å²) in [5.74, 6) is -0.151. The summed E-state index contributed by atoms with van der Waals surface area (Å²) in [6.07, 6.45) is 1.83. The Hall–Kier alpha value is -2.68. The minimum Gasteiger partial charge on any atom is -0.322 e. The van der Waals surface area contributed by atoms with Crippen LogP contribution in [0.1, 0.15) is 29.8 Å². The highest BCUT2D eigenvalue weighted by Crippen LogP contribution is 2.13. The molecule has 0 saturated heterocycles. The summed E-state index contributed by atoms with van der Waals surface area (Å²) in [6, 6.07) is 16.5. The van der Waals surface area contributed by atoms with E-state index in [0.717, 1.165) is 5.56 Å². The van der Waals surface area contributed by atoms with Gasteiger partial charge in [0.25, 0.3) is 5.91 Å². The average Bonchev–Trinajstić information content (AvgIpc) is 2.48. The van der Waals surface area contributed by atoms with Crippen LogP contribution in [0.2, 0.25) is 0 Å². The summed E-state index contributed by atoms with van der Waals surface area (Å²) in [5.41, 5.74) is 2.91. The van der Waals surface area contributed by atoms with Gasteiger partial charge in [0.2, 0.25) is 0 Å². The molecular weight excluding hydrogens is 262 g/mol. The Morgan fingerprint density at radius 2 is 1.52 bits per heavy atom. The van der Waals surface area contributed by atoms with E-state index >= 15 is 0 Å². The molecule has 2 aromatic rings. The number of amides is 1. The Bertz CT molecular complexity index is 670. The zero-order chi connectivity index (χ0) is 15.2. The maximum Gasteiger partial charge on any atom is 0.251 e. The Kier molecular flexibility index (Phi) is 4.67. The van der Waals surface area contributed by atoms with Crippen LogP contribution in [-0.4, -0.2) is 11.7 Å². The van der Waals surface area contributed by atoms with E-state index in [1.165, 1.54) is 6.92 Å². The van der Waals surface area contributed by atoms with Crippen molar-refractivity contribution in [2.24, 2.45) is 0 Å². The first-order valence-electron chi connectivity index (χ1n) is 6.72. The molecule has 0 aliphatic heterocycles. The van der Waals surface area contributed by atoms with Gasteiger partial charge in [-0.05, 0) is 49.8 Å². The quantitative estimate of drug-likeness (QED) is 0.681. The minimum atomic E-state index is -0.158. The van der Waals surface area contributed by atoms with Crippen molar-refractivity contribution in [3.8, 4) is 0 Å². The Labute approximate surface area is 124 Å². The predicted octanol–water partition coefficient (Wildman–Crippen LogP) is 3.93. The molecule has 0 fully saturated rings. The smallest absolute Gasteiger partial charge is 0.251 e. The van der Waals surface area contributed by atoms with E-state index in [2.05, 4.69) is 5.32 Å². The second kappa shape index (κ2) is 6.66. The molecule has 0 aliphatic carbocycles. The summed E-state index contributed by atoms with van der Waals surface area (Å²) in [5, 5.41) is 2.81. The van der Waals surface area contributed by atoms with Crippen molar-refractivity contribution >= 4 is 23.5 Å². The lowest BCUT2D eigenvalue weighted by molar-refractivity contribution is -0.112. The normalized spacial score (nSPS) is 11.0. The molecule has 3 nitrogen and oxygen atoms in total. The first-order chi connectivity index (χ1) is 10.1. The highest BCUT2D eigenvalue weighted by atomic mass is 16.1. The number of carbonyl (C=O) groups is 2. The number of Topliss-reactive ketones (excluding diaryl/α,β-unsaturated/α-hetero) is 1. The third kappa shape index (κ3) is 4.14. The van der Waals surface area contributed by atoms with E-state index in [-0.39, 0.29) is 11.7 Å². The third-order valence-corrected chi connectivity index (χ3v) is 3.09. The van der Waals surface area contributed by atoms with Gasteiger partial charge in [-0.1, -0.05) is 30.3 Å². The molecule has 0 bridgehead atoms. The first-order valence-corrected chi connectivity index (χ1v) is 6.72. The molecule has 0 unspecified atom stereocenters. The van der Waals surface area contributed by atoms with Crippen LogP contribution < -0.4 is 5.32 Å². The highest BCUT2D eigenvalue weighted by molar-refractivity contribution is 6.06. The molecule has 0 saturated carbocycles. The van der Waals surface area contributed by atoms with E-state index in [9.17, 15) is 9.59 Å². The molecule has 106 valence electrons. The molecule has 1 amide bonds. The summed E-state index contributed by atoms with van der Waals surface area (Å²) < 4.78 is 0. The van der Waals surface area contributed by atoms with E-state index < -0.39 is 0 Å². The topological polar surface area (TPSA) is 46.2 Å². The average molecular weight is 279 g/mol. The maximum atomic E-state index is 12.1. The van der Waals surface area contributed by atoms with Crippen molar-refractivity contribution in [1.82, 2.24) is 0 Å². The number of benzene rings is 2. The Morgan fingerprint density at radius 3 is 2.10 bits per heavy atom. The lowest BCUT2D eigenvalue weighted by atomic mass is 10.1. The van der Waals surface area contributed by atoms with Gasteiger partial charge in [-0.15, -0.1) is 0 Å². The fraction of sp³-hybridized carbons (Fsp3) is 0.111. The lowest BCUT2D eigenvalue weighted by Crippen LogP contribution is -2.12. The molecule has 0 aromatic heterocycles. The van der Waals surface area contributed by atoms with E-state index in [4.69, 9.17) is 0 Å². The zero-order valence-corrected chi connectivity index (χ0v) is 12.1. The predicted molar refractivity (Wildman–Crippen MR) is 85.2 cm³/mol. The standard InChI is InChI=1S/C18H17NO2/c1-13(12-15-6-4-3-5-7-15)18(21)19-17-10-8-16(9-11-17)14(2)20/h3-12H,1-2H3,(H,19,21)/b13-12+. The number of rotatable bonds is 4.